The molecule has 0 spiro atoms. The van der Waals surface area contributed by atoms with Gasteiger partial charge in [0.1, 0.15) is 11.5 Å². The topological polar surface area (TPSA) is 140 Å². The Morgan fingerprint density at radius 2 is 1.74 bits per heavy atom. The molecule has 4 N–H and O–H groups in total. The zero-order valence-corrected chi connectivity index (χ0v) is 19.7. The number of hydrogen-bond acceptors (Lipinski definition) is 7. The Morgan fingerprint density at radius 1 is 1.06 bits per heavy atom. The zero-order chi connectivity index (χ0) is 25.4. The highest BCUT2D eigenvalue weighted by molar-refractivity contribution is 5.95. The van der Waals surface area contributed by atoms with E-state index in [0.29, 0.717) is 24.4 Å². The maximum Gasteiger partial charge on any atom is 0.338 e. The average molecular weight is 480 g/mol. The number of anilines is 3. The number of hydrogen-bond donors (Lipinski definition) is 3. The lowest BCUT2D eigenvalue weighted by molar-refractivity contribution is -0.115. The van der Waals surface area contributed by atoms with Gasteiger partial charge >= 0.3 is 11.7 Å². The van der Waals surface area contributed by atoms with E-state index in [1.807, 2.05) is 37.3 Å². The minimum absolute atomic E-state index is 0.0211. The predicted molar refractivity (Wildman–Crippen MR) is 135 cm³/mol. The third kappa shape index (κ3) is 6.38. The van der Waals surface area contributed by atoms with Crippen LogP contribution in [0.1, 0.15) is 36.2 Å². The number of nitrogens with two attached hydrogens (primary N) is 1. The van der Waals surface area contributed by atoms with Gasteiger partial charge in [-0.25, -0.2) is 9.59 Å². The smallest absolute Gasteiger partial charge is 0.338 e. The van der Waals surface area contributed by atoms with Gasteiger partial charge in [0.2, 0.25) is 5.91 Å². The summed E-state index contributed by atoms with van der Waals surface area (Å²) in [4.78, 5) is 53.5. The number of aromatic amines is 1. The van der Waals surface area contributed by atoms with Gasteiger partial charge in [0.25, 0.3) is 5.56 Å². The van der Waals surface area contributed by atoms with E-state index in [1.165, 1.54) is 9.47 Å². The van der Waals surface area contributed by atoms with Crippen molar-refractivity contribution in [3.63, 3.8) is 0 Å². The van der Waals surface area contributed by atoms with Crippen molar-refractivity contribution in [1.29, 1.82) is 0 Å². The Bertz CT molecular complexity index is 1280. The highest BCUT2D eigenvalue weighted by atomic mass is 16.5. The Labute approximate surface area is 202 Å². The van der Waals surface area contributed by atoms with Crippen molar-refractivity contribution in [2.24, 2.45) is 0 Å². The molecule has 0 aliphatic carbocycles. The molecule has 3 aromatic rings. The maximum absolute atomic E-state index is 12.7. The van der Waals surface area contributed by atoms with Crippen LogP contribution in [0.5, 0.6) is 0 Å². The van der Waals surface area contributed by atoms with Gasteiger partial charge in [-0.3, -0.25) is 19.1 Å². The Balaban J connectivity index is 1.76. The molecule has 0 atom stereocenters. The first-order valence-electron chi connectivity index (χ1n) is 11.3. The fourth-order valence-corrected chi connectivity index (χ4v) is 3.50. The third-order valence-corrected chi connectivity index (χ3v) is 5.27. The van der Waals surface area contributed by atoms with Crippen molar-refractivity contribution in [1.82, 2.24) is 9.55 Å². The van der Waals surface area contributed by atoms with E-state index in [9.17, 15) is 19.2 Å². The Morgan fingerprint density at radius 3 is 2.37 bits per heavy atom. The third-order valence-electron chi connectivity index (χ3n) is 5.27. The standard InChI is InChI=1S/C25H29N5O5/c1-3-14-35-24(33)18-10-12-19(13-11-18)27-20(31)16-29(4-2)21-22(26)30(25(34)28-23(21)32)15-17-8-6-5-7-9-17/h5-13H,3-4,14-16,26H2,1-2H3,(H,27,31)(H,28,32,34). The molecule has 3 rings (SSSR count). The Kier molecular flexibility index (Phi) is 8.44. The lowest BCUT2D eigenvalue weighted by atomic mass is 10.2. The van der Waals surface area contributed by atoms with Crippen LogP contribution in [-0.2, 0) is 16.1 Å². The molecule has 0 saturated heterocycles. The molecule has 0 aliphatic heterocycles. The lowest BCUT2D eigenvalue weighted by Gasteiger charge is -2.24. The van der Waals surface area contributed by atoms with Gasteiger partial charge < -0.3 is 20.7 Å². The number of H-pyrrole nitrogens is 1. The fraction of sp³-hybridized carbons (Fsp3) is 0.280. The predicted octanol–water partition coefficient (Wildman–Crippen LogP) is 2.20. The molecule has 1 amide bonds. The van der Waals surface area contributed by atoms with Crippen LogP contribution >= 0.6 is 0 Å². The summed E-state index contributed by atoms with van der Waals surface area (Å²) in [5, 5.41) is 2.74. The van der Waals surface area contributed by atoms with Gasteiger partial charge in [-0.2, -0.15) is 0 Å². The highest BCUT2D eigenvalue weighted by Crippen LogP contribution is 2.18. The number of amides is 1. The molecule has 0 saturated carbocycles. The lowest BCUT2D eigenvalue weighted by Crippen LogP contribution is -2.41. The van der Waals surface area contributed by atoms with Crippen molar-refractivity contribution >= 4 is 29.1 Å². The first-order valence-corrected chi connectivity index (χ1v) is 11.3. The summed E-state index contributed by atoms with van der Waals surface area (Å²) < 4.78 is 6.36. The molecule has 0 bridgehead atoms. The molecule has 0 unspecified atom stereocenters. The van der Waals surface area contributed by atoms with Crippen LogP contribution in [0.3, 0.4) is 0 Å². The van der Waals surface area contributed by atoms with E-state index in [4.69, 9.17) is 10.5 Å². The Hall–Kier alpha value is -4.34. The number of carbonyl (C=O) groups is 2. The summed E-state index contributed by atoms with van der Waals surface area (Å²) in [6.45, 7) is 4.32. The van der Waals surface area contributed by atoms with Crippen molar-refractivity contribution in [2.45, 2.75) is 26.8 Å². The summed E-state index contributed by atoms with van der Waals surface area (Å²) in [6, 6.07) is 15.5. The normalized spacial score (nSPS) is 10.6. The number of nitrogen functional groups attached to an aromatic ring is 1. The van der Waals surface area contributed by atoms with E-state index < -0.39 is 23.1 Å². The van der Waals surface area contributed by atoms with E-state index in [-0.39, 0.29) is 24.6 Å². The van der Waals surface area contributed by atoms with Crippen molar-refractivity contribution < 1.29 is 14.3 Å². The zero-order valence-electron chi connectivity index (χ0n) is 19.7. The van der Waals surface area contributed by atoms with E-state index in [1.54, 1.807) is 31.2 Å². The number of benzene rings is 2. The van der Waals surface area contributed by atoms with E-state index >= 15 is 0 Å². The monoisotopic (exact) mass is 479 g/mol. The van der Waals surface area contributed by atoms with Crippen LogP contribution in [0.25, 0.3) is 0 Å². The summed E-state index contributed by atoms with van der Waals surface area (Å²) in [5.74, 6) is -0.845. The molecule has 0 fully saturated rings. The molecule has 0 aliphatic rings. The molecular formula is C25H29N5O5. The van der Waals surface area contributed by atoms with Crippen LogP contribution in [0.2, 0.25) is 0 Å². The molecule has 184 valence electrons. The van der Waals surface area contributed by atoms with Gasteiger partial charge in [-0.1, -0.05) is 37.3 Å². The summed E-state index contributed by atoms with van der Waals surface area (Å²) in [6.07, 6.45) is 0.727. The largest absolute Gasteiger partial charge is 0.462 e. The minimum atomic E-state index is -0.665. The van der Waals surface area contributed by atoms with Gasteiger partial charge in [-0.15, -0.1) is 0 Å². The number of aromatic nitrogens is 2. The molecule has 35 heavy (non-hydrogen) atoms. The number of nitrogens with one attached hydrogen (secondary N) is 2. The fourth-order valence-electron chi connectivity index (χ4n) is 3.50. The second kappa shape index (κ2) is 11.7. The number of likely N-dealkylation sites (N-methyl/N-ethyl adjacent to an activating group) is 1. The van der Waals surface area contributed by atoms with Crippen LogP contribution < -0.4 is 27.2 Å². The first-order chi connectivity index (χ1) is 16.8. The number of carbonyl (C=O) groups excluding carboxylic acids is 2. The molecule has 0 radical (unpaired) electrons. The summed E-state index contributed by atoms with van der Waals surface area (Å²) >= 11 is 0. The average Bonchev–Trinajstić information content (AvgIpc) is 2.85. The quantitative estimate of drug-likeness (QED) is 0.379. The van der Waals surface area contributed by atoms with Crippen LogP contribution in [0.4, 0.5) is 17.2 Å². The minimum Gasteiger partial charge on any atom is -0.462 e. The summed E-state index contributed by atoms with van der Waals surface area (Å²) in [7, 11) is 0. The number of esters is 1. The molecule has 10 heteroatoms. The SMILES string of the molecule is CCCOC(=O)c1ccc(NC(=O)CN(CC)c2c(N)n(Cc3ccccc3)c(=O)[nH]c2=O)cc1. The second-order valence-electron chi connectivity index (χ2n) is 7.84. The molecule has 2 aromatic carbocycles. The van der Waals surface area contributed by atoms with Crippen molar-refractivity contribution in [2.75, 3.05) is 35.6 Å². The number of nitrogens with zero attached hydrogens (tertiary/aromatic N) is 2. The van der Waals surface area contributed by atoms with Crippen LogP contribution in [0, 0.1) is 0 Å². The van der Waals surface area contributed by atoms with Crippen LogP contribution in [-0.4, -0.2) is 41.1 Å². The van der Waals surface area contributed by atoms with Crippen LogP contribution in [0.15, 0.2) is 64.2 Å². The summed E-state index contributed by atoms with van der Waals surface area (Å²) in [5.41, 5.74) is 6.70. The molecule has 1 aromatic heterocycles. The second-order valence-corrected chi connectivity index (χ2v) is 7.84. The van der Waals surface area contributed by atoms with Crippen molar-refractivity contribution in [3.05, 3.63) is 86.6 Å². The molecule has 10 nitrogen and oxygen atoms in total. The highest BCUT2D eigenvalue weighted by Gasteiger charge is 2.20. The number of rotatable bonds is 10. The van der Waals surface area contributed by atoms with Gasteiger partial charge in [-0.05, 0) is 43.2 Å². The van der Waals surface area contributed by atoms with Gasteiger partial charge in [0, 0.05) is 12.2 Å². The molecular weight excluding hydrogens is 450 g/mol. The van der Waals surface area contributed by atoms with Gasteiger partial charge in [0.15, 0.2) is 0 Å². The number of ether oxygens (including phenoxy) is 1. The van der Waals surface area contributed by atoms with Gasteiger partial charge in [0.05, 0.1) is 25.3 Å². The van der Waals surface area contributed by atoms with E-state index in [0.717, 1.165) is 12.0 Å². The molecule has 1 heterocycles. The maximum atomic E-state index is 12.7. The van der Waals surface area contributed by atoms with Crippen molar-refractivity contribution in [3.8, 4) is 0 Å². The first kappa shape index (κ1) is 25.3. The van der Waals surface area contributed by atoms with E-state index in [2.05, 4.69) is 10.3 Å².